The van der Waals surface area contributed by atoms with Crippen molar-refractivity contribution in [2.24, 2.45) is 0 Å². The fourth-order valence-electron chi connectivity index (χ4n) is 4.92. The summed E-state index contributed by atoms with van der Waals surface area (Å²) in [6.07, 6.45) is 1.59. The van der Waals surface area contributed by atoms with E-state index in [1.807, 2.05) is 43.3 Å². The van der Waals surface area contributed by atoms with E-state index in [2.05, 4.69) is 22.8 Å². The van der Waals surface area contributed by atoms with Gasteiger partial charge in [0, 0.05) is 32.0 Å². The van der Waals surface area contributed by atoms with Crippen molar-refractivity contribution in [3.8, 4) is 11.1 Å². The molecule has 1 fully saturated rings. The second kappa shape index (κ2) is 10.9. The van der Waals surface area contributed by atoms with Gasteiger partial charge in [-0.15, -0.1) is 0 Å². The summed E-state index contributed by atoms with van der Waals surface area (Å²) in [5.74, 6) is -1.70. The van der Waals surface area contributed by atoms with E-state index in [0.29, 0.717) is 12.8 Å². The molecule has 8 nitrogen and oxygen atoms in total. The number of carboxylic acid groups (broad SMARTS) is 1. The monoisotopic (exact) mass is 480 g/mol. The first-order valence-electron chi connectivity index (χ1n) is 12.2. The summed E-state index contributed by atoms with van der Waals surface area (Å²) in [4.78, 5) is 37.8. The second-order valence-electron chi connectivity index (χ2n) is 9.15. The van der Waals surface area contributed by atoms with Gasteiger partial charge in [-0.3, -0.25) is 4.79 Å². The number of rotatable bonds is 9. The average molecular weight is 481 g/mol. The fourth-order valence-corrected chi connectivity index (χ4v) is 4.92. The summed E-state index contributed by atoms with van der Waals surface area (Å²) < 4.78 is 11.1. The lowest BCUT2D eigenvalue weighted by Gasteiger charge is -2.36. The van der Waals surface area contributed by atoms with Gasteiger partial charge >= 0.3 is 12.1 Å². The molecule has 1 heterocycles. The van der Waals surface area contributed by atoms with E-state index in [1.54, 1.807) is 0 Å². The van der Waals surface area contributed by atoms with Gasteiger partial charge in [0.2, 0.25) is 5.91 Å². The highest BCUT2D eigenvalue weighted by atomic mass is 16.5. The average Bonchev–Trinajstić information content (AvgIpc) is 3.19. The molecular formula is C27H32N2O6. The van der Waals surface area contributed by atoms with Gasteiger partial charge in [-0.05, 0) is 28.7 Å². The van der Waals surface area contributed by atoms with Gasteiger partial charge < -0.3 is 25.2 Å². The van der Waals surface area contributed by atoms with Crippen molar-refractivity contribution in [2.45, 2.75) is 56.5 Å². The van der Waals surface area contributed by atoms with Crippen molar-refractivity contribution in [2.75, 3.05) is 19.8 Å². The maximum absolute atomic E-state index is 13.2. The molecule has 3 N–H and O–H groups in total. The summed E-state index contributed by atoms with van der Waals surface area (Å²) in [6.45, 7) is 2.65. The molecule has 2 aromatic carbocycles. The van der Waals surface area contributed by atoms with Crippen molar-refractivity contribution in [1.29, 1.82) is 0 Å². The summed E-state index contributed by atoms with van der Waals surface area (Å²) >= 11 is 0. The number of aliphatic carboxylic acids is 1. The van der Waals surface area contributed by atoms with Crippen LogP contribution in [0.3, 0.4) is 0 Å². The molecule has 2 aliphatic rings. The minimum Gasteiger partial charge on any atom is -0.480 e. The molecule has 1 atom stereocenters. The maximum atomic E-state index is 13.2. The van der Waals surface area contributed by atoms with E-state index < -0.39 is 29.6 Å². The number of carbonyl (C=O) groups is 3. The van der Waals surface area contributed by atoms with Crippen LogP contribution in [0.4, 0.5) is 4.79 Å². The number of alkyl carbamates (subject to hydrolysis) is 1. The largest absolute Gasteiger partial charge is 0.480 e. The molecule has 0 radical (unpaired) electrons. The highest BCUT2D eigenvalue weighted by Gasteiger charge is 2.43. The van der Waals surface area contributed by atoms with Crippen LogP contribution in [-0.2, 0) is 19.1 Å². The molecular weight excluding hydrogens is 448 g/mol. The Balaban J connectivity index is 1.45. The summed E-state index contributed by atoms with van der Waals surface area (Å²) in [5.41, 5.74) is 3.18. The number of fused-ring (bicyclic) bond motifs is 3. The Labute approximate surface area is 205 Å². The molecule has 186 valence electrons. The first kappa shape index (κ1) is 24.7. The Morgan fingerprint density at radius 3 is 2.23 bits per heavy atom. The smallest absolute Gasteiger partial charge is 0.408 e. The molecule has 0 spiro atoms. The van der Waals surface area contributed by atoms with Gasteiger partial charge in [-0.2, -0.15) is 0 Å². The van der Waals surface area contributed by atoms with Gasteiger partial charge in [0.25, 0.3) is 0 Å². The molecule has 2 aromatic rings. The van der Waals surface area contributed by atoms with Crippen molar-refractivity contribution in [3.63, 3.8) is 0 Å². The Morgan fingerprint density at radius 1 is 1.06 bits per heavy atom. The molecule has 1 unspecified atom stereocenters. The van der Waals surface area contributed by atoms with Crippen LogP contribution in [0.15, 0.2) is 48.5 Å². The Morgan fingerprint density at radius 2 is 1.66 bits per heavy atom. The van der Waals surface area contributed by atoms with E-state index in [0.717, 1.165) is 28.7 Å². The zero-order chi connectivity index (χ0) is 24.8. The minimum atomic E-state index is -1.28. The maximum Gasteiger partial charge on any atom is 0.408 e. The van der Waals surface area contributed by atoms with Crippen LogP contribution < -0.4 is 10.6 Å². The topological polar surface area (TPSA) is 114 Å². The number of carbonyl (C=O) groups excluding carboxylic acids is 2. The van der Waals surface area contributed by atoms with E-state index in [9.17, 15) is 19.5 Å². The molecule has 1 saturated heterocycles. The van der Waals surface area contributed by atoms with Gasteiger partial charge in [0.15, 0.2) is 0 Å². The third kappa shape index (κ3) is 5.32. The van der Waals surface area contributed by atoms with Gasteiger partial charge in [0.1, 0.15) is 18.2 Å². The number of amides is 2. The first-order valence-corrected chi connectivity index (χ1v) is 12.2. The lowest BCUT2D eigenvalue weighted by molar-refractivity contribution is -0.144. The normalized spacial score (nSPS) is 17.1. The van der Waals surface area contributed by atoms with Crippen LogP contribution in [-0.4, -0.2) is 54.5 Å². The highest BCUT2D eigenvalue weighted by molar-refractivity contribution is 5.93. The molecule has 8 heteroatoms. The number of hydrogen-bond acceptors (Lipinski definition) is 5. The van der Waals surface area contributed by atoms with Gasteiger partial charge in [-0.25, -0.2) is 9.59 Å². The van der Waals surface area contributed by atoms with E-state index in [1.165, 1.54) is 0 Å². The molecule has 4 rings (SSSR count). The lowest BCUT2D eigenvalue weighted by Crippen LogP contribution is -2.63. The molecule has 2 amide bonds. The standard InChI is InChI=1S/C27H32N2O6/c1-2-3-12-23(24(30)31)28-25(32)27(13-15-34-16-14-27)29-26(33)35-17-22-20-10-6-4-8-18(20)19-9-5-7-11-21(19)22/h4-11,22-23H,2-3,12-17H2,1H3,(H,28,32)(H,29,33)(H,30,31). The van der Waals surface area contributed by atoms with Crippen LogP contribution in [0.5, 0.6) is 0 Å². The Kier molecular flexibility index (Phi) is 7.70. The molecule has 1 aliphatic carbocycles. The second-order valence-corrected chi connectivity index (χ2v) is 9.15. The van der Waals surface area contributed by atoms with Crippen LogP contribution in [0, 0.1) is 0 Å². The zero-order valence-corrected chi connectivity index (χ0v) is 19.9. The number of unbranched alkanes of at least 4 members (excludes halogenated alkanes) is 1. The van der Waals surface area contributed by atoms with Gasteiger partial charge in [-0.1, -0.05) is 68.3 Å². The van der Waals surface area contributed by atoms with Crippen molar-refractivity contribution in [1.82, 2.24) is 10.6 Å². The molecule has 0 bridgehead atoms. The van der Waals surface area contributed by atoms with Crippen molar-refractivity contribution in [3.05, 3.63) is 59.7 Å². The minimum absolute atomic E-state index is 0.0990. The van der Waals surface area contributed by atoms with Crippen LogP contribution in [0.1, 0.15) is 56.1 Å². The van der Waals surface area contributed by atoms with Crippen molar-refractivity contribution >= 4 is 18.0 Å². The molecule has 35 heavy (non-hydrogen) atoms. The van der Waals surface area contributed by atoms with Crippen LogP contribution >= 0.6 is 0 Å². The van der Waals surface area contributed by atoms with Crippen molar-refractivity contribution < 1.29 is 29.0 Å². The molecule has 0 saturated carbocycles. The number of benzene rings is 2. The SMILES string of the molecule is CCCCC(NC(=O)C1(NC(=O)OCC2c3ccccc3-c3ccccc32)CCOCC1)C(=O)O. The number of hydrogen-bond donors (Lipinski definition) is 3. The Bertz CT molecular complexity index is 1030. The van der Waals surface area contributed by atoms with Gasteiger partial charge in [0.05, 0.1) is 0 Å². The molecule has 1 aliphatic heterocycles. The summed E-state index contributed by atoms with van der Waals surface area (Å²) in [6, 6.07) is 15.1. The quantitative estimate of drug-likeness (QED) is 0.503. The van der Waals surface area contributed by atoms with E-state index in [4.69, 9.17) is 9.47 Å². The van der Waals surface area contributed by atoms with E-state index in [-0.39, 0.29) is 38.6 Å². The first-order chi connectivity index (χ1) is 16.9. The number of nitrogens with one attached hydrogen (secondary N) is 2. The Hall–Kier alpha value is -3.39. The van der Waals surface area contributed by atoms with E-state index >= 15 is 0 Å². The molecule has 0 aromatic heterocycles. The predicted molar refractivity (Wildman–Crippen MR) is 130 cm³/mol. The predicted octanol–water partition coefficient (Wildman–Crippen LogP) is 3.83. The fraction of sp³-hybridized carbons (Fsp3) is 0.444. The van der Waals surface area contributed by atoms with Crippen LogP contribution in [0.2, 0.25) is 0 Å². The highest BCUT2D eigenvalue weighted by Crippen LogP contribution is 2.44. The number of ether oxygens (including phenoxy) is 2. The van der Waals surface area contributed by atoms with Crippen LogP contribution in [0.25, 0.3) is 11.1 Å². The third-order valence-corrected chi connectivity index (χ3v) is 6.92. The zero-order valence-electron chi connectivity index (χ0n) is 19.9. The lowest BCUT2D eigenvalue weighted by atomic mass is 9.88. The third-order valence-electron chi connectivity index (χ3n) is 6.92. The number of carboxylic acids is 1. The summed E-state index contributed by atoms with van der Waals surface area (Å²) in [7, 11) is 0. The summed E-state index contributed by atoms with van der Waals surface area (Å²) in [5, 5.41) is 14.9.